The summed E-state index contributed by atoms with van der Waals surface area (Å²) in [7, 11) is 0. The maximum atomic E-state index is 5.45. The van der Waals surface area contributed by atoms with Crippen molar-refractivity contribution in [3.05, 3.63) is 11.7 Å². The van der Waals surface area contributed by atoms with Crippen LogP contribution in [0.25, 0.3) is 0 Å². The minimum absolute atomic E-state index is 0.236. The number of aromatic nitrogens is 2. The van der Waals surface area contributed by atoms with Crippen molar-refractivity contribution in [3.63, 3.8) is 0 Å². The molecule has 0 saturated heterocycles. The highest BCUT2D eigenvalue weighted by atomic mass is 16.5. The number of nitrogens with one attached hydrogen (secondary N) is 1. The Balaban J connectivity index is 2.10. The molecule has 1 fully saturated rings. The Morgan fingerprint density at radius 1 is 1.39 bits per heavy atom. The van der Waals surface area contributed by atoms with Gasteiger partial charge in [-0.25, -0.2) is 0 Å². The maximum Gasteiger partial charge on any atom is 0.246 e. The highest BCUT2D eigenvalue weighted by Gasteiger charge is 2.30. The van der Waals surface area contributed by atoms with E-state index < -0.39 is 0 Å². The smallest absolute Gasteiger partial charge is 0.246 e. The molecule has 18 heavy (non-hydrogen) atoms. The van der Waals surface area contributed by atoms with E-state index in [1.807, 2.05) is 0 Å². The third-order valence-electron chi connectivity index (χ3n) is 3.90. The van der Waals surface area contributed by atoms with Gasteiger partial charge in [0.2, 0.25) is 5.89 Å². The molecule has 1 saturated carbocycles. The van der Waals surface area contributed by atoms with E-state index >= 15 is 0 Å². The van der Waals surface area contributed by atoms with Crippen LogP contribution < -0.4 is 5.32 Å². The zero-order valence-corrected chi connectivity index (χ0v) is 12.0. The molecule has 4 heteroatoms. The molecule has 1 N–H and O–H groups in total. The Morgan fingerprint density at radius 3 is 2.83 bits per heavy atom. The normalized spacial score (nSPS) is 25.3. The molecule has 0 aromatic carbocycles. The Kier molecular flexibility index (Phi) is 4.05. The first kappa shape index (κ1) is 13.5. The van der Waals surface area contributed by atoms with Crippen LogP contribution in [0, 0.1) is 5.92 Å². The van der Waals surface area contributed by atoms with Crippen molar-refractivity contribution in [1.82, 2.24) is 15.5 Å². The maximum absolute atomic E-state index is 5.45. The van der Waals surface area contributed by atoms with E-state index in [1.54, 1.807) is 0 Å². The van der Waals surface area contributed by atoms with E-state index in [1.165, 1.54) is 25.7 Å². The fourth-order valence-electron chi connectivity index (χ4n) is 2.84. The molecule has 1 heterocycles. The van der Waals surface area contributed by atoms with Gasteiger partial charge < -0.3 is 9.84 Å². The highest BCUT2D eigenvalue weighted by Crippen LogP contribution is 2.35. The minimum atomic E-state index is -0.236. The second kappa shape index (κ2) is 5.39. The van der Waals surface area contributed by atoms with Gasteiger partial charge in [-0.05, 0) is 39.2 Å². The van der Waals surface area contributed by atoms with Gasteiger partial charge in [0.25, 0.3) is 0 Å². The molecular formula is C14H25N3O. The van der Waals surface area contributed by atoms with Gasteiger partial charge in [0, 0.05) is 5.92 Å². The van der Waals surface area contributed by atoms with Gasteiger partial charge in [-0.15, -0.1) is 0 Å². The molecule has 1 aromatic rings. The van der Waals surface area contributed by atoms with E-state index in [0.717, 1.165) is 18.3 Å². The predicted molar refractivity (Wildman–Crippen MR) is 71.4 cm³/mol. The summed E-state index contributed by atoms with van der Waals surface area (Å²) in [5.74, 6) is 2.89. The predicted octanol–water partition coefficient (Wildman–Crippen LogP) is 3.21. The number of rotatable bonds is 4. The Hall–Kier alpha value is -0.900. The molecule has 0 radical (unpaired) electrons. The van der Waals surface area contributed by atoms with Gasteiger partial charge in [0.15, 0.2) is 5.82 Å². The van der Waals surface area contributed by atoms with Crippen LogP contribution in [-0.4, -0.2) is 16.7 Å². The lowest BCUT2D eigenvalue weighted by atomic mass is 9.82. The summed E-state index contributed by atoms with van der Waals surface area (Å²) in [6, 6.07) is 0. The van der Waals surface area contributed by atoms with Gasteiger partial charge in [0.1, 0.15) is 0 Å². The third kappa shape index (κ3) is 2.91. The number of nitrogens with zero attached hydrogens (tertiary/aromatic N) is 2. The lowest BCUT2D eigenvalue weighted by Gasteiger charge is -2.24. The van der Waals surface area contributed by atoms with E-state index in [-0.39, 0.29) is 5.54 Å². The number of hydrogen-bond donors (Lipinski definition) is 1. The lowest BCUT2D eigenvalue weighted by molar-refractivity contribution is 0.267. The highest BCUT2D eigenvalue weighted by molar-refractivity contribution is 5.03. The molecule has 4 nitrogen and oxygen atoms in total. The first-order chi connectivity index (χ1) is 8.53. The summed E-state index contributed by atoms with van der Waals surface area (Å²) in [6.45, 7) is 9.46. The van der Waals surface area contributed by atoms with Crippen LogP contribution >= 0.6 is 0 Å². The van der Waals surface area contributed by atoms with E-state index in [9.17, 15) is 0 Å². The Bertz CT molecular complexity index is 386. The van der Waals surface area contributed by atoms with Crippen molar-refractivity contribution < 1.29 is 4.52 Å². The van der Waals surface area contributed by atoms with Gasteiger partial charge in [-0.3, -0.25) is 0 Å². The van der Waals surface area contributed by atoms with Crippen molar-refractivity contribution in [3.8, 4) is 0 Å². The van der Waals surface area contributed by atoms with Crippen molar-refractivity contribution in [2.24, 2.45) is 5.92 Å². The van der Waals surface area contributed by atoms with Crippen LogP contribution in [0.2, 0.25) is 0 Å². The van der Waals surface area contributed by atoms with E-state index in [4.69, 9.17) is 4.52 Å². The topological polar surface area (TPSA) is 51.0 Å². The van der Waals surface area contributed by atoms with Crippen molar-refractivity contribution >= 4 is 0 Å². The summed E-state index contributed by atoms with van der Waals surface area (Å²) in [6.07, 6.45) is 5.02. The zero-order valence-electron chi connectivity index (χ0n) is 12.0. The van der Waals surface area contributed by atoms with Gasteiger partial charge >= 0.3 is 0 Å². The van der Waals surface area contributed by atoms with Crippen molar-refractivity contribution in [1.29, 1.82) is 0 Å². The molecule has 2 unspecified atom stereocenters. The molecule has 2 atom stereocenters. The molecule has 1 aliphatic carbocycles. The van der Waals surface area contributed by atoms with Crippen LogP contribution in [0.3, 0.4) is 0 Å². The first-order valence-corrected chi connectivity index (χ1v) is 7.12. The van der Waals surface area contributed by atoms with Crippen LogP contribution in [0.1, 0.15) is 71.0 Å². The van der Waals surface area contributed by atoms with E-state index in [2.05, 4.69) is 43.2 Å². The molecular weight excluding hydrogens is 226 g/mol. The summed E-state index contributed by atoms with van der Waals surface area (Å²) >= 11 is 0. The van der Waals surface area contributed by atoms with Crippen LogP contribution in [0.15, 0.2) is 4.52 Å². The Morgan fingerprint density at radius 2 is 2.17 bits per heavy atom. The summed E-state index contributed by atoms with van der Waals surface area (Å²) < 4.78 is 5.45. The quantitative estimate of drug-likeness (QED) is 0.892. The standard InChI is InChI=1S/C14H25N3O/c1-5-15-14(3,4)13-16-12(17-18-13)11-8-6-7-10(2)9-11/h10-11,15H,5-9H2,1-4H3. The molecule has 2 rings (SSSR count). The molecule has 0 spiro atoms. The SMILES string of the molecule is CCNC(C)(C)c1nc(C2CCCC(C)C2)no1. The van der Waals surface area contributed by atoms with Gasteiger partial charge in [0.05, 0.1) is 5.54 Å². The first-order valence-electron chi connectivity index (χ1n) is 7.12. The second-order valence-corrected chi connectivity index (χ2v) is 6.08. The molecule has 0 bridgehead atoms. The molecule has 1 aliphatic rings. The monoisotopic (exact) mass is 251 g/mol. The average Bonchev–Trinajstić information content (AvgIpc) is 2.78. The van der Waals surface area contributed by atoms with Gasteiger partial charge in [-0.1, -0.05) is 31.8 Å². The fourth-order valence-corrected chi connectivity index (χ4v) is 2.84. The molecule has 102 valence electrons. The number of hydrogen-bond acceptors (Lipinski definition) is 4. The van der Waals surface area contributed by atoms with Crippen LogP contribution in [0.5, 0.6) is 0 Å². The lowest BCUT2D eigenvalue weighted by Crippen LogP contribution is -2.36. The van der Waals surface area contributed by atoms with Crippen LogP contribution in [-0.2, 0) is 5.54 Å². The molecule has 1 aromatic heterocycles. The zero-order chi connectivity index (χ0) is 13.2. The second-order valence-electron chi connectivity index (χ2n) is 6.08. The minimum Gasteiger partial charge on any atom is -0.337 e. The van der Waals surface area contributed by atoms with Crippen molar-refractivity contribution in [2.75, 3.05) is 6.54 Å². The molecule has 0 amide bonds. The molecule has 0 aliphatic heterocycles. The summed E-state index contributed by atoms with van der Waals surface area (Å²) in [4.78, 5) is 4.62. The van der Waals surface area contributed by atoms with Crippen molar-refractivity contribution in [2.45, 2.75) is 64.8 Å². The average molecular weight is 251 g/mol. The third-order valence-corrected chi connectivity index (χ3v) is 3.90. The van der Waals surface area contributed by atoms with Gasteiger partial charge in [-0.2, -0.15) is 4.98 Å². The summed E-state index contributed by atoms with van der Waals surface area (Å²) in [5, 5.41) is 7.56. The summed E-state index contributed by atoms with van der Waals surface area (Å²) in [5.41, 5.74) is -0.236. The Labute approximate surface area is 110 Å². The van der Waals surface area contributed by atoms with E-state index in [0.29, 0.717) is 11.8 Å². The largest absolute Gasteiger partial charge is 0.337 e. The fraction of sp³-hybridized carbons (Fsp3) is 0.857. The van der Waals surface area contributed by atoms with Crippen LogP contribution in [0.4, 0.5) is 0 Å².